The van der Waals surface area contributed by atoms with Crippen molar-refractivity contribution in [2.24, 2.45) is 5.92 Å². The quantitative estimate of drug-likeness (QED) is 0.570. The van der Waals surface area contributed by atoms with Crippen LogP contribution in [0.4, 0.5) is 0 Å². The van der Waals surface area contributed by atoms with E-state index in [0.717, 1.165) is 5.56 Å². The molecule has 0 saturated carbocycles. The number of aliphatic hydroxyl groups excluding tert-OH is 1. The van der Waals surface area contributed by atoms with Crippen LogP contribution in [0.15, 0.2) is 29.2 Å². The highest BCUT2D eigenvalue weighted by Crippen LogP contribution is 2.21. The minimum absolute atomic E-state index is 0.0572. The molecular weight excluding hydrogens is 346 g/mol. The van der Waals surface area contributed by atoms with E-state index in [0.29, 0.717) is 25.9 Å². The molecule has 0 spiro atoms. The standard InChI is InChI=1S/C17H25NO6S/c1-13-3-5-16(6-4-13)25(21,22)24-11-15-7-9-18(10-8-15)17(20)12-23-14(2)19/h3-6,15,17,20H,7-12H2,1-2H3. The SMILES string of the molecule is CC(=O)OCC(O)N1CCC(COS(=O)(=O)c2ccc(C)cc2)CC1. The molecule has 1 unspecified atom stereocenters. The molecule has 1 aliphatic rings. The van der Waals surface area contributed by atoms with Crippen molar-refractivity contribution in [1.29, 1.82) is 0 Å². The van der Waals surface area contributed by atoms with Crippen molar-refractivity contribution >= 4 is 16.1 Å². The fourth-order valence-corrected chi connectivity index (χ4v) is 3.65. The average molecular weight is 371 g/mol. The van der Waals surface area contributed by atoms with Crippen LogP contribution in [-0.4, -0.2) is 56.9 Å². The number of aliphatic hydroxyl groups is 1. The first kappa shape index (κ1) is 19.8. The van der Waals surface area contributed by atoms with E-state index in [9.17, 15) is 18.3 Å². The van der Waals surface area contributed by atoms with Crippen LogP contribution in [0.2, 0.25) is 0 Å². The molecule has 0 bridgehead atoms. The Morgan fingerprint density at radius 1 is 1.28 bits per heavy atom. The van der Waals surface area contributed by atoms with Gasteiger partial charge >= 0.3 is 5.97 Å². The molecule has 1 N–H and O–H groups in total. The van der Waals surface area contributed by atoms with E-state index in [1.165, 1.54) is 6.92 Å². The van der Waals surface area contributed by atoms with E-state index < -0.39 is 22.3 Å². The molecule has 1 saturated heterocycles. The van der Waals surface area contributed by atoms with Gasteiger partial charge in [0, 0.05) is 20.0 Å². The average Bonchev–Trinajstić information content (AvgIpc) is 2.59. The fourth-order valence-electron chi connectivity index (χ4n) is 2.67. The predicted octanol–water partition coefficient (Wildman–Crippen LogP) is 1.29. The molecule has 1 fully saturated rings. The molecule has 7 nitrogen and oxygen atoms in total. The number of hydrogen-bond acceptors (Lipinski definition) is 7. The van der Waals surface area contributed by atoms with Gasteiger partial charge in [-0.2, -0.15) is 8.42 Å². The van der Waals surface area contributed by atoms with Crippen molar-refractivity contribution in [3.05, 3.63) is 29.8 Å². The number of aryl methyl sites for hydroxylation is 1. The Bertz CT molecular complexity index is 665. The zero-order valence-corrected chi connectivity index (χ0v) is 15.4. The van der Waals surface area contributed by atoms with Crippen LogP contribution in [0.25, 0.3) is 0 Å². The zero-order chi connectivity index (χ0) is 18.4. The first-order chi connectivity index (χ1) is 11.8. The largest absolute Gasteiger partial charge is 0.462 e. The molecular formula is C17H25NO6S. The summed E-state index contributed by atoms with van der Waals surface area (Å²) in [7, 11) is -3.74. The van der Waals surface area contributed by atoms with E-state index in [1.807, 2.05) is 11.8 Å². The van der Waals surface area contributed by atoms with Crippen molar-refractivity contribution in [2.75, 3.05) is 26.3 Å². The Hall–Kier alpha value is -1.48. The van der Waals surface area contributed by atoms with Crippen LogP contribution in [0.1, 0.15) is 25.3 Å². The first-order valence-electron chi connectivity index (χ1n) is 8.29. The fraction of sp³-hybridized carbons (Fsp3) is 0.588. The second-order valence-corrected chi connectivity index (χ2v) is 7.93. The van der Waals surface area contributed by atoms with E-state index in [4.69, 9.17) is 8.92 Å². The number of benzene rings is 1. The molecule has 1 aromatic rings. The number of ether oxygens (including phenoxy) is 1. The lowest BCUT2D eigenvalue weighted by Crippen LogP contribution is -2.44. The highest BCUT2D eigenvalue weighted by atomic mass is 32.2. The summed E-state index contributed by atoms with van der Waals surface area (Å²) < 4.78 is 34.4. The third-order valence-electron chi connectivity index (χ3n) is 4.27. The van der Waals surface area contributed by atoms with Gasteiger partial charge in [0.25, 0.3) is 10.1 Å². The van der Waals surface area contributed by atoms with E-state index in [1.54, 1.807) is 24.3 Å². The summed E-state index contributed by atoms with van der Waals surface area (Å²) >= 11 is 0. The van der Waals surface area contributed by atoms with Crippen LogP contribution in [0.3, 0.4) is 0 Å². The molecule has 2 rings (SSSR count). The lowest BCUT2D eigenvalue weighted by atomic mass is 9.98. The molecule has 0 amide bonds. The summed E-state index contributed by atoms with van der Waals surface area (Å²) in [4.78, 5) is 12.7. The summed E-state index contributed by atoms with van der Waals surface area (Å²) in [5.41, 5.74) is 0.985. The lowest BCUT2D eigenvalue weighted by molar-refractivity contribution is -0.149. The maximum Gasteiger partial charge on any atom is 0.302 e. The summed E-state index contributed by atoms with van der Waals surface area (Å²) in [6.45, 7) is 4.45. The van der Waals surface area contributed by atoms with Crippen LogP contribution in [0, 0.1) is 12.8 Å². The van der Waals surface area contributed by atoms with E-state index in [-0.39, 0.29) is 24.0 Å². The number of piperidine rings is 1. The van der Waals surface area contributed by atoms with Crippen molar-refractivity contribution in [3.63, 3.8) is 0 Å². The molecule has 0 radical (unpaired) electrons. The summed E-state index contributed by atoms with van der Waals surface area (Å²) in [5, 5.41) is 9.96. The number of hydrogen-bond donors (Lipinski definition) is 1. The van der Waals surface area contributed by atoms with Crippen molar-refractivity contribution in [2.45, 2.75) is 37.8 Å². The van der Waals surface area contributed by atoms with Gasteiger partial charge in [-0.3, -0.25) is 13.9 Å². The molecule has 1 heterocycles. The molecule has 25 heavy (non-hydrogen) atoms. The maximum atomic E-state index is 12.2. The van der Waals surface area contributed by atoms with Gasteiger partial charge in [-0.1, -0.05) is 17.7 Å². The molecule has 140 valence electrons. The monoisotopic (exact) mass is 371 g/mol. The summed E-state index contributed by atoms with van der Waals surface area (Å²) in [6.07, 6.45) is 0.586. The van der Waals surface area contributed by atoms with Crippen LogP contribution < -0.4 is 0 Å². The smallest absolute Gasteiger partial charge is 0.302 e. The molecule has 8 heteroatoms. The Labute approximate surface area is 148 Å². The summed E-state index contributed by atoms with van der Waals surface area (Å²) in [5.74, 6) is -0.318. The van der Waals surface area contributed by atoms with Gasteiger partial charge in [0.15, 0.2) is 0 Å². The lowest BCUT2D eigenvalue weighted by Gasteiger charge is -2.34. The number of carbonyl (C=O) groups excluding carboxylic acids is 1. The number of carbonyl (C=O) groups is 1. The molecule has 1 aromatic carbocycles. The number of likely N-dealkylation sites (tertiary alicyclic amines) is 1. The third-order valence-corrected chi connectivity index (χ3v) is 5.57. The van der Waals surface area contributed by atoms with Gasteiger partial charge in [0.05, 0.1) is 11.5 Å². The molecule has 0 aromatic heterocycles. The zero-order valence-electron chi connectivity index (χ0n) is 14.6. The highest BCUT2D eigenvalue weighted by molar-refractivity contribution is 7.86. The number of nitrogens with zero attached hydrogens (tertiary/aromatic N) is 1. The van der Waals surface area contributed by atoms with Gasteiger partial charge in [-0.05, 0) is 37.8 Å². The van der Waals surface area contributed by atoms with Gasteiger partial charge in [0.2, 0.25) is 0 Å². The van der Waals surface area contributed by atoms with Crippen LogP contribution in [-0.2, 0) is 23.8 Å². The van der Waals surface area contributed by atoms with Gasteiger partial charge < -0.3 is 9.84 Å². The Kier molecular flexibility index (Phi) is 6.95. The van der Waals surface area contributed by atoms with E-state index >= 15 is 0 Å². The minimum Gasteiger partial charge on any atom is -0.462 e. The first-order valence-corrected chi connectivity index (χ1v) is 9.70. The third kappa shape index (κ3) is 6.07. The van der Waals surface area contributed by atoms with Gasteiger partial charge in [-0.15, -0.1) is 0 Å². The summed E-state index contributed by atoms with van der Waals surface area (Å²) in [6, 6.07) is 6.55. The van der Waals surface area contributed by atoms with Crippen molar-refractivity contribution < 1.29 is 27.2 Å². The normalized spacial score (nSPS) is 18.0. The van der Waals surface area contributed by atoms with Crippen LogP contribution in [0.5, 0.6) is 0 Å². The Balaban J connectivity index is 1.78. The topological polar surface area (TPSA) is 93.1 Å². The molecule has 1 aliphatic heterocycles. The molecule has 0 aliphatic carbocycles. The number of esters is 1. The van der Waals surface area contributed by atoms with Gasteiger partial charge in [0.1, 0.15) is 12.8 Å². The van der Waals surface area contributed by atoms with Crippen LogP contribution >= 0.6 is 0 Å². The Morgan fingerprint density at radius 2 is 1.88 bits per heavy atom. The minimum atomic E-state index is -3.74. The van der Waals surface area contributed by atoms with Crippen molar-refractivity contribution in [3.8, 4) is 0 Å². The van der Waals surface area contributed by atoms with E-state index in [2.05, 4.69) is 0 Å². The highest BCUT2D eigenvalue weighted by Gasteiger charge is 2.26. The van der Waals surface area contributed by atoms with Crippen molar-refractivity contribution in [1.82, 2.24) is 4.90 Å². The molecule has 1 atom stereocenters. The maximum absolute atomic E-state index is 12.2. The second kappa shape index (κ2) is 8.75. The predicted molar refractivity (Wildman–Crippen MR) is 91.3 cm³/mol. The second-order valence-electron chi connectivity index (χ2n) is 6.31. The Morgan fingerprint density at radius 3 is 2.44 bits per heavy atom. The number of rotatable bonds is 7. The van der Waals surface area contributed by atoms with Gasteiger partial charge in [-0.25, -0.2) is 0 Å².